The Bertz CT molecular complexity index is 871. The highest BCUT2D eigenvalue weighted by atomic mass is 35.5. The van der Waals surface area contributed by atoms with E-state index in [9.17, 15) is 19.7 Å². The summed E-state index contributed by atoms with van der Waals surface area (Å²) in [7, 11) is 0. The summed E-state index contributed by atoms with van der Waals surface area (Å²) in [4.78, 5) is 38.5. The van der Waals surface area contributed by atoms with Crippen molar-refractivity contribution in [2.75, 3.05) is 18.1 Å². The Hall–Kier alpha value is -2.93. The number of rotatable bonds is 5. The molecule has 1 aliphatic heterocycles. The zero-order valence-corrected chi connectivity index (χ0v) is 14.6. The molecule has 0 unspecified atom stereocenters. The van der Waals surface area contributed by atoms with Crippen molar-refractivity contribution in [3.8, 4) is 0 Å². The van der Waals surface area contributed by atoms with E-state index in [1.165, 1.54) is 29.2 Å². The van der Waals surface area contributed by atoms with Crippen LogP contribution in [-0.2, 0) is 4.79 Å². The molecule has 1 heterocycles. The van der Waals surface area contributed by atoms with Crippen molar-refractivity contribution in [1.29, 1.82) is 0 Å². The summed E-state index contributed by atoms with van der Waals surface area (Å²) in [6.07, 6.45) is 1.20. The number of nitro benzene ring substituents is 1. The monoisotopic (exact) mass is 373 g/mol. The molecular weight excluding hydrogens is 358 g/mol. The summed E-state index contributed by atoms with van der Waals surface area (Å²) in [6.45, 7) is 0.638. The molecule has 0 spiro atoms. The number of likely N-dealkylation sites (tertiary alicyclic amines) is 1. The molecule has 0 atom stereocenters. The van der Waals surface area contributed by atoms with Crippen LogP contribution in [0.2, 0.25) is 5.02 Å². The fourth-order valence-corrected chi connectivity index (χ4v) is 3.02. The molecule has 0 bridgehead atoms. The number of hydrogen-bond donors (Lipinski definition) is 0. The third-order valence-electron chi connectivity index (χ3n) is 4.15. The van der Waals surface area contributed by atoms with Gasteiger partial charge in [0.15, 0.2) is 0 Å². The van der Waals surface area contributed by atoms with Crippen molar-refractivity contribution >= 4 is 34.8 Å². The molecule has 0 aromatic heterocycles. The van der Waals surface area contributed by atoms with E-state index in [4.69, 9.17) is 11.6 Å². The third kappa shape index (κ3) is 3.83. The van der Waals surface area contributed by atoms with Gasteiger partial charge < -0.3 is 4.90 Å². The normalized spacial score (nSPS) is 13.7. The number of hydrogen-bond acceptors (Lipinski definition) is 4. The highest BCUT2D eigenvalue weighted by molar-refractivity contribution is 6.31. The first-order valence-corrected chi connectivity index (χ1v) is 8.43. The maximum atomic E-state index is 13.0. The van der Waals surface area contributed by atoms with E-state index < -0.39 is 10.8 Å². The van der Waals surface area contributed by atoms with E-state index >= 15 is 0 Å². The van der Waals surface area contributed by atoms with Crippen molar-refractivity contribution in [3.63, 3.8) is 0 Å². The van der Waals surface area contributed by atoms with E-state index in [-0.39, 0.29) is 23.8 Å². The predicted molar refractivity (Wildman–Crippen MR) is 97.2 cm³/mol. The molecule has 134 valence electrons. The summed E-state index contributed by atoms with van der Waals surface area (Å²) in [6, 6.07) is 12.2. The Morgan fingerprint density at radius 1 is 1.23 bits per heavy atom. The topological polar surface area (TPSA) is 83.8 Å². The second-order valence-electron chi connectivity index (χ2n) is 5.92. The summed E-state index contributed by atoms with van der Waals surface area (Å²) in [5, 5.41) is 11.4. The lowest BCUT2D eigenvalue weighted by Gasteiger charge is -2.28. The molecule has 1 saturated heterocycles. The van der Waals surface area contributed by atoms with Gasteiger partial charge >= 0.3 is 0 Å². The molecule has 0 saturated carbocycles. The zero-order chi connectivity index (χ0) is 18.7. The van der Waals surface area contributed by atoms with Gasteiger partial charge in [0, 0.05) is 41.4 Å². The van der Waals surface area contributed by atoms with Crippen LogP contribution in [0.1, 0.15) is 23.2 Å². The van der Waals surface area contributed by atoms with Crippen molar-refractivity contribution in [2.45, 2.75) is 12.8 Å². The van der Waals surface area contributed by atoms with Gasteiger partial charge in [0.2, 0.25) is 5.91 Å². The Balaban J connectivity index is 1.96. The quantitative estimate of drug-likeness (QED) is 0.593. The number of non-ortho nitro benzene ring substituents is 1. The maximum Gasteiger partial charge on any atom is 0.270 e. The Kier molecular flexibility index (Phi) is 5.18. The molecule has 8 heteroatoms. The average Bonchev–Trinajstić information content (AvgIpc) is 3.04. The number of carbonyl (C=O) groups excluding carboxylic acids is 2. The Morgan fingerprint density at radius 2 is 2.00 bits per heavy atom. The van der Waals surface area contributed by atoms with E-state index in [1.807, 2.05) is 0 Å². The number of amides is 2. The molecule has 0 aliphatic carbocycles. The second-order valence-corrected chi connectivity index (χ2v) is 6.36. The lowest BCUT2D eigenvalue weighted by molar-refractivity contribution is -0.384. The predicted octanol–water partition coefficient (Wildman–Crippen LogP) is 3.47. The smallest absolute Gasteiger partial charge is 0.270 e. The van der Waals surface area contributed by atoms with E-state index in [1.54, 1.807) is 29.2 Å². The first-order valence-electron chi connectivity index (χ1n) is 8.05. The van der Waals surface area contributed by atoms with Gasteiger partial charge in [0.1, 0.15) is 6.67 Å². The number of anilines is 1. The number of nitrogens with zero attached hydrogens (tertiary/aromatic N) is 3. The summed E-state index contributed by atoms with van der Waals surface area (Å²) in [5.74, 6) is -0.459. The average molecular weight is 374 g/mol. The number of benzene rings is 2. The van der Waals surface area contributed by atoms with Gasteiger partial charge in [-0.05, 0) is 30.7 Å². The highest BCUT2D eigenvalue weighted by Crippen LogP contribution is 2.24. The van der Waals surface area contributed by atoms with Gasteiger partial charge in [-0.2, -0.15) is 0 Å². The van der Waals surface area contributed by atoms with Crippen molar-refractivity contribution in [3.05, 3.63) is 69.2 Å². The summed E-state index contributed by atoms with van der Waals surface area (Å²) < 4.78 is 0. The van der Waals surface area contributed by atoms with Crippen LogP contribution in [0, 0.1) is 10.1 Å². The first kappa shape index (κ1) is 17.9. The minimum Gasteiger partial charge on any atom is -0.324 e. The summed E-state index contributed by atoms with van der Waals surface area (Å²) >= 11 is 6.04. The minimum absolute atomic E-state index is 0.0242. The van der Waals surface area contributed by atoms with Crippen LogP contribution in [0.4, 0.5) is 11.4 Å². The lowest BCUT2D eigenvalue weighted by atomic mass is 10.1. The summed E-state index contributed by atoms with van der Waals surface area (Å²) in [5.41, 5.74) is 0.527. The van der Waals surface area contributed by atoms with Crippen LogP contribution in [-0.4, -0.2) is 34.9 Å². The molecule has 2 aromatic rings. The fourth-order valence-electron chi connectivity index (χ4n) is 2.84. The third-order valence-corrected chi connectivity index (χ3v) is 4.39. The van der Waals surface area contributed by atoms with Gasteiger partial charge in [-0.1, -0.05) is 23.7 Å². The second kappa shape index (κ2) is 7.53. The molecule has 7 nitrogen and oxygen atoms in total. The molecule has 1 fully saturated rings. The number of nitro groups is 1. The highest BCUT2D eigenvalue weighted by Gasteiger charge is 2.27. The van der Waals surface area contributed by atoms with Crippen LogP contribution < -0.4 is 4.90 Å². The van der Waals surface area contributed by atoms with Crippen LogP contribution in [0.15, 0.2) is 48.5 Å². The Labute approximate surface area is 154 Å². The molecule has 2 amide bonds. The van der Waals surface area contributed by atoms with Crippen molar-refractivity contribution in [1.82, 2.24) is 4.90 Å². The molecular formula is C18H16ClN3O4. The minimum atomic E-state index is -0.551. The zero-order valence-electron chi connectivity index (χ0n) is 13.8. The first-order chi connectivity index (χ1) is 12.5. The standard InChI is InChI=1S/C18H16ClN3O4/c19-14-5-2-6-15(11-14)21(12-20-9-3-8-17(20)23)18(24)13-4-1-7-16(10-13)22(25)26/h1-2,4-7,10-11H,3,8-9,12H2. The van der Waals surface area contributed by atoms with E-state index in [2.05, 4.69) is 0 Å². The Morgan fingerprint density at radius 3 is 2.65 bits per heavy atom. The van der Waals surface area contributed by atoms with Gasteiger partial charge in [0.05, 0.1) is 4.92 Å². The molecule has 1 aliphatic rings. The molecule has 0 N–H and O–H groups in total. The molecule has 2 aromatic carbocycles. The van der Waals surface area contributed by atoms with Crippen LogP contribution >= 0.6 is 11.6 Å². The SMILES string of the molecule is O=C1CCCN1CN(C(=O)c1cccc([N+](=O)[O-])c1)c1cccc(Cl)c1. The van der Waals surface area contributed by atoms with Gasteiger partial charge in [0.25, 0.3) is 11.6 Å². The fraction of sp³-hybridized carbons (Fsp3) is 0.222. The molecule has 26 heavy (non-hydrogen) atoms. The number of halogens is 1. The molecule has 3 rings (SSSR count). The van der Waals surface area contributed by atoms with E-state index in [0.717, 1.165) is 6.42 Å². The number of carbonyl (C=O) groups is 2. The molecule has 0 radical (unpaired) electrons. The van der Waals surface area contributed by atoms with Gasteiger partial charge in [-0.15, -0.1) is 0 Å². The van der Waals surface area contributed by atoms with Crippen LogP contribution in [0.5, 0.6) is 0 Å². The van der Waals surface area contributed by atoms with Crippen LogP contribution in [0.25, 0.3) is 0 Å². The van der Waals surface area contributed by atoms with Crippen LogP contribution in [0.3, 0.4) is 0 Å². The van der Waals surface area contributed by atoms with Crippen molar-refractivity contribution < 1.29 is 14.5 Å². The van der Waals surface area contributed by atoms with E-state index in [0.29, 0.717) is 23.7 Å². The van der Waals surface area contributed by atoms with Gasteiger partial charge in [-0.25, -0.2) is 0 Å². The largest absolute Gasteiger partial charge is 0.324 e. The van der Waals surface area contributed by atoms with Gasteiger partial charge in [-0.3, -0.25) is 24.6 Å². The maximum absolute atomic E-state index is 13.0. The van der Waals surface area contributed by atoms with Crippen molar-refractivity contribution in [2.24, 2.45) is 0 Å². The lowest BCUT2D eigenvalue weighted by Crippen LogP contribution is -2.42.